The molecular weight excluding hydrogens is 320 g/mol. The van der Waals surface area contributed by atoms with Gasteiger partial charge in [0.1, 0.15) is 0 Å². The van der Waals surface area contributed by atoms with Crippen molar-refractivity contribution < 1.29 is 14.3 Å². The molecule has 3 aliphatic rings. The van der Waals surface area contributed by atoms with Crippen molar-refractivity contribution in [2.75, 3.05) is 52.5 Å². The third kappa shape index (κ3) is 5.50. The van der Waals surface area contributed by atoms with E-state index in [1.165, 1.54) is 0 Å². The zero-order valence-corrected chi connectivity index (χ0v) is 14.9. The Kier molecular flexibility index (Phi) is 6.40. The molecule has 7 heteroatoms. The van der Waals surface area contributed by atoms with Crippen molar-refractivity contribution in [3.05, 3.63) is 0 Å². The zero-order valence-electron chi connectivity index (χ0n) is 14.9. The molecule has 1 unspecified atom stereocenters. The van der Waals surface area contributed by atoms with Gasteiger partial charge in [-0.1, -0.05) is 0 Å². The summed E-state index contributed by atoms with van der Waals surface area (Å²) in [6, 6.07) is 0. The SMILES string of the molecule is C#CCCC1(CCC(=O)N2CCC(OCCN3CCOCC3)C2)N=N1. The monoisotopic (exact) mass is 348 g/mol. The minimum atomic E-state index is -0.365. The van der Waals surface area contributed by atoms with Crippen molar-refractivity contribution >= 4 is 5.91 Å². The molecule has 3 aliphatic heterocycles. The van der Waals surface area contributed by atoms with Gasteiger partial charge in [0, 0.05) is 58.4 Å². The molecule has 0 spiro atoms. The third-order valence-electron chi connectivity index (χ3n) is 5.15. The fraction of sp³-hybridized carbons (Fsp3) is 0.833. The zero-order chi connectivity index (χ0) is 17.5. The minimum absolute atomic E-state index is 0.163. The quantitative estimate of drug-likeness (QED) is 0.589. The Morgan fingerprint density at radius 1 is 1.28 bits per heavy atom. The molecule has 0 bridgehead atoms. The molecule has 0 radical (unpaired) electrons. The van der Waals surface area contributed by atoms with Crippen LogP contribution in [0.25, 0.3) is 0 Å². The number of terminal acetylenes is 1. The van der Waals surface area contributed by atoms with Crippen LogP contribution in [0.2, 0.25) is 0 Å². The highest BCUT2D eigenvalue weighted by Crippen LogP contribution is 2.37. The number of hydrogen-bond donors (Lipinski definition) is 0. The summed E-state index contributed by atoms with van der Waals surface area (Å²) in [6.45, 7) is 6.74. The second-order valence-corrected chi connectivity index (χ2v) is 6.96. The molecular formula is C18H28N4O3. The molecule has 0 N–H and O–H groups in total. The van der Waals surface area contributed by atoms with Crippen LogP contribution in [-0.4, -0.2) is 80.0 Å². The molecule has 7 nitrogen and oxygen atoms in total. The van der Waals surface area contributed by atoms with Gasteiger partial charge in [-0.15, -0.1) is 12.3 Å². The van der Waals surface area contributed by atoms with E-state index in [1.807, 2.05) is 4.90 Å². The van der Waals surface area contributed by atoms with E-state index in [4.69, 9.17) is 15.9 Å². The average Bonchev–Trinajstić information content (AvgIpc) is 3.26. The summed E-state index contributed by atoms with van der Waals surface area (Å²) >= 11 is 0. The van der Waals surface area contributed by atoms with Gasteiger partial charge in [-0.3, -0.25) is 9.69 Å². The van der Waals surface area contributed by atoms with Crippen molar-refractivity contribution in [3.8, 4) is 12.3 Å². The smallest absolute Gasteiger partial charge is 0.222 e. The van der Waals surface area contributed by atoms with Gasteiger partial charge >= 0.3 is 0 Å². The standard InChI is InChI=1S/C18H28N4O3/c1-2-3-6-18(19-20-18)7-4-17(23)22-8-5-16(15-22)25-14-11-21-9-12-24-13-10-21/h1,16H,3-15H2. The lowest BCUT2D eigenvalue weighted by Crippen LogP contribution is -2.39. The van der Waals surface area contributed by atoms with Crippen LogP contribution >= 0.6 is 0 Å². The van der Waals surface area contributed by atoms with Gasteiger partial charge in [0.05, 0.1) is 25.9 Å². The highest BCUT2D eigenvalue weighted by Gasteiger charge is 2.40. The number of morpholine rings is 1. The van der Waals surface area contributed by atoms with Crippen molar-refractivity contribution in [3.63, 3.8) is 0 Å². The maximum Gasteiger partial charge on any atom is 0.222 e. The molecule has 0 aromatic carbocycles. The van der Waals surface area contributed by atoms with Crippen molar-refractivity contribution in [2.45, 2.75) is 43.9 Å². The maximum absolute atomic E-state index is 12.4. The van der Waals surface area contributed by atoms with Crippen LogP contribution in [0, 0.1) is 12.3 Å². The largest absolute Gasteiger partial charge is 0.379 e. The Bertz CT molecular complexity index is 519. The van der Waals surface area contributed by atoms with E-state index in [-0.39, 0.29) is 17.7 Å². The molecule has 2 saturated heterocycles. The molecule has 3 rings (SSSR count). The Labute approximate surface area is 149 Å². The molecule has 2 fully saturated rings. The lowest BCUT2D eigenvalue weighted by atomic mass is 10.0. The molecule has 3 heterocycles. The van der Waals surface area contributed by atoms with Crippen LogP contribution in [-0.2, 0) is 14.3 Å². The first-order valence-corrected chi connectivity index (χ1v) is 9.28. The maximum atomic E-state index is 12.4. The predicted molar refractivity (Wildman–Crippen MR) is 93.1 cm³/mol. The van der Waals surface area contributed by atoms with E-state index in [9.17, 15) is 4.79 Å². The third-order valence-corrected chi connectivity index (χ3v) is 5.15. The van der Waals surface area contributed by atoms with Gasteiger partial charge in [-0.25, -0.2) is 0 Å². The number of likely N-dealkylation sites (tertiary alicyclic amines) is 1. The highest BCUT2D eigenvalue weighted by molar-refractivity contribution is 5.76. The van der Waals surface area contributed by atoms with Gasteiger partial charge < -0.3 is 14.4 Å². The summed E-state index contributed by atoms with van der Waals surface area (Å²) in [7, 11) is 0. The summed E-state index contributed by atoms with van der Waals surface area (Å²) < 4.78 is 11.3. The predicted octanol–water partition coefficient (Wildman–Crippen LogP) is 1.29. The van der Waals surface area contributed by atoms with E-state index in [0.717, 1.165) is 58.8 Å². The van der Waals surface area contributed by atoms with E-state index in [0.29, 0.717) is 25.8 Å². The summed E-state index contributed by atoms with van der Waals surface area (Å²) in [5.74, 6) is 2.79. The summed E-state index contributed by atoms with van der Waals surface area (Å²) in [4.78, 5) is 16.7. The molecule has 138 valence electrons. The highest BCUT2D eigenvalue weighted by atomic mass is 16.5. The van der Waals surface area contributed by atoms with E-state index in [2.05, 4.69) is 21.0 Å². The first-order chi connectivity index (χ1) is 12.2. The fourth-order valence-corrected chi connectivity index (χ4v) is 3.40. The number of amides is 1. The Hall–Kier alpha value is -1.49. The van der Waals surface area contributed by atoms with E-state index < -0.39 is 0 Å². The molecule has 1 amide bonds. The number of carbonyl (C=O) groups is 1. The minimum Gasteiger partial charge on any atom is -0.379 e. The van der Waals surface area contributed by atoms with Crippen LogP contribution in [0.4, 0.5) is 0 Å². The molecule has 1 atom stereocenters. The van der Waals surface area contributed by atoms with E-state index >= 15 is 0 Å². The lowest BCUT2D eigenvalue weighted by Gasteiger charge is -2.26. The summed E-state index contributed by atoms with van der Waals surface area (Å²) in [5, 5.41) is 8.18. The van der Waals surface area contributed by atoms with Gasteiger partial charge in [0.25, 0.3) is 0 Å². The van der Waals surface area contributed by atoms with Crippen molar-refractivity contribution in [2.24, 2.45) is 10.2 Å². The number of rotatable bonds is 9. The number of ether oxygens (including phenoxy) is 2. The number of carbonyl (C=O) groups excluding carboxylic acids is 1. The second kappa shape index (κ2) is 8.75. The molecule has 0 aromatic heterocycles. The summed E-state index contributed by atoms with van der Waals surface area (Å²) in [6.07, 6.45) is 8.94. The van der Waals surface area contributed by atoms with Gasteiger partial charge in [-0.2, -0.15) is 10.2 Å². The molecule has 0 saturated carbocycles. The Morgan fingerprint density at radius 3 is 2.80 bits per heavy atom. The Balaban J connectivity index is 1.29. The average molecular weight is 348 g/mol. The first kappa shape index (κ1) is 18.3. The van der Waals surface area contributed by atoms with Crippen molar-refractivity contribution in [1.29, 1.82) is 0 Å². The van der Waals surface area contributed by atoms with Gasteiger partial charge in [0.2, 0.25) is 5.91 Å². The van der Waals surface area contributed by atoms with Crippen LogP contribution < -0.4 is 0 Å². The number of nitrogens with zero attached hydrogens (tertiary/aromatic N) is 4. The van der Waals surface area contributed by atoms with Crippen LogP contribution in [0.15, 0.2) is 10.2 Å². The van der Waals surface area contributed by atoms with E-state index in [1.54, 1.807) is 0 Å². The Morgan fingerprint density at radius 2 is 2.08 bits per heavy atom. The number of hydrogen-bond acceptors (Lipinski definition) is 6. The molecule has 0 aliphatic carbocycles. The van der Waals surface area contributed by atoms with Gasteiger partial charge in [-0.05, 0) is 6.42 Å². The molecule has 25 heavy (non-hydrogen) atoms. The lowest BCUT2D eigenvalue weighted by molar-refractivity contribution is -0.131. The van der Waals surface area contributed by atoms with Crippen molar-refractivity contribution in [1.82, 2.24) is 9.80 Å². The van der Waals surface area contributed by atoms with Crippen LogP contribution in [0.3, 0.4) is 0 Å². The topological polar surface area (TPSA) is 66.7 Å². The molecule has 0 aromatic rings. The fourth-order valence-electron chi connectivity index (χ4n) is 3.40. The second-order valence-electron chi connectivity index (χ2n) is 6.96. The van der Waals surface area contributed by atoms with Crippen LogP contribution in [0.5, 0.6) is 0 Å². The van der Waals surface area contributed by atoms with Crippen LogP contribution in [0.1, 0.15) is 32.1 Å². The normalized spacial score (nSPS) is 25.1. The van der Waals surface area contributed by atoms with Gasteiger partial charge in [0.15, 0.2) is 5.66 Å². The summed E-state index contributed by atoms with van der Waals surface area (Å²) in [5.41, 5.74) is -0.365. The first-order valence-electron chi connectivity index (χ1n) is 9.28.